The number of hydrogen-bond acceptors (Lipinski definition) is 3. The quantitative estimate of drug-likeness (QED) is 0.833. The van der Waals surface area contributed by atoms with Gasteiger partial charge in [0.2, 0.25) is 5.91 Å². The fraction of sp³-hybridized carbons (Fsp3) is 0.722. The zero-order valence-corrected chi connectivity index (χ0v) is 14.4. The lowest BCUT2D eigenvalue weighted by Crippen LogP contribution is -2.47. The number of rotatable bonds is 5. The monoisotopic (exact) mass is 319 g/mol. The van der Waals surface area contributed by atoms with Crippen LogP contribution in [0.1, 0.15) is 32.7 Å². The Labute approximate surface area is 139 Å². The van der Waals surface area contributed by atoms with Gasteiger partial charge < -0.3 is 14.2 Å². The smallest absolute Gasteiger partial charge is 0.224 e. The number of amides is 1. The van der Waals surface area contributed by atoms with Crippen molar-refractivity contribution in [1.29, 1.82) is 0 Å². The van der Waals surface area contributed by atoms with Crippen molar-refractivity contribution in [2.75, 3.05) is 39.4 Å². The predicted molar refractivity (Wildman–Crippen MR) is 90.3 cm³/mol. The van der Waals surface area contributed by atoms with Crippen LogP contribution >= 0.6 is 0 Å². The Morgan fingerprint density at radius 2 is 1.91 bits per heavy atom. The number of morpholine rings is 1. The van der Waals surface area contributed by atoms with Crippen LogP contribution < -0.4 is 0 Å². The maximum atomic E-state index is 12.7. The van der Waals surface area contributed by atoms with Crippen molar-refractivity contribution < 1.29 is 9.53 Å². The molecule has 3 rings (SSSR count). The molecule has 23 heavy (non-hydrogen) atoms. The summed E-state index contributed by atoms with van der Waals surface area (Å²) >= 11 is 0. The van der Waals surface area contributed by atoms with Crippen LogP contribution in [-0.4, -0.2) is 65.7 Å². The van der Waals surface area contributed by atoms with E-state index >= 15 is 0 Å². The molecule has 1 amide bonds. The van der Waals surface area contributed by atoms with Gasteiger partial charge in [0.1, 0.15) is 0 Å². The van der Waals surface area contributed by atoms with Gasteiger partial charge in [-0.15, -0.1) is 0 Å². The molecule has 0 radical (unpaired) electrons. The van der Waals surface area contributed by atoms with E-state index < -0.39 is 0 Å². The lowest BCUT2D eigenvalue weighted by Gasteiger charge is -2.34. The van der Waals surface area contributed by atoms with Crippen molar-refractivity contribution in [3.8, 4) is 0 Å². The van der Waals surface area contributed by atoms with Crippen LogP contribution in [-0.2, 0) is 9.53 Å². The van der Waals surface area contributed by atoms with Gasteiger partial charge in [-0.3, -0.25) is 9.69 Å². The highest BCUT2D eigenvalue weighted by atomic mass is 16.5. The number of aromatic nitrogens is 1. The van der Waals surface area contributed by atoms with Crippen LogP contribution in [0.2, 0.25) is 0 Å². The molecule has 0 bridgehead atoms. The lowest BCUT2D eigenvalue weighted by molar-refractivity contribution is -0.131. The van der Waals surface area contributed by atoms with E-state index in [4.69, 9.17) is 4.74 Å². The van der Waals surface area contributed by atoms with Gasteiger partial charge in [0.15, 0.2) is 0 Å². The molecule has 0 saturated carbocycles. The molecule has 5 nitrogen and oxygen atoms in total. The van der Waals surface area contributed by atoms with Crippen molar-refractivity contribution >= 4 is 5.91 Å². The number of hydrogen-bond donors (Lipinski definition) is 0. The normalized spacial score (nSPS) is 27.3. The minimum Gasteiger partial charge on any atom is -0.379 e. The van der Waals surface area contributed by atoms with Gasteiger partial charge in [-0.1, -0.05) is 13.3 Å². The summed E-state index contributed by atoms with van der Waals surface area (Å²) in [5, 5.41) is 0. The molecule has 3 atom stereocenters. The van der Waals surface area contributed by atoms with Gasteiger partial charge in [0, 0.05) is 57.1 Å². The molecule has 1 aromatic rings. The molecule has 0 aromatic carbocycles. The molecule has 2 fully saturated rings. The minimum absolute atomic E-state index is 0.222. The third-order valence-electron chi connectivity index (χ3n) is 5.40. The molecule has 0 spiro atoms. The second-order valence-electron chi connectivity index (χ2n) is 6.87. The molecule has 0 aliphatic carbocycles. The van der Waals surface area contributed by atoms with Gasteiger partial charge in [-0.25, -0.2) is 0 Å². The Morgan fingerprint density at radius 1 is 1.22 bits per heavy atom. The van der Waals surface area contributed by atoms with Crippen LogP contribution in [0.3, 0.4) is 0 Å². The second kappa shape index (κ2) is 7.49. The first kappa shape index (κ1) is 16.5. The largest absolute Gasteiger partial charge is 0.379 e. The van der Waals surface area contributed by atoms with E-state index in [9.17, 15) is 4.79 Å². The first-order valence-corrected chi connectivity index (χ1v) is 8.91. The highest BCUT2D eigenvalue weighted by molar-refractivity contribution is 5.77. The summed E-state index contributed by atoms with van der Waals surface area (Å²) in [5.41, 5.74) is 0. The highest BCUT2D eigenvalue weighted by Gasteiger charge is 2.38. The number of carbonyl (C=O) groups is 1. The summed E-state index contributed by atoms with van der Waals surface area (Å²) in [4.78, 5) is 17.3. The molecule has 0 unspecified atom stereocenters. The van der Waals surface area contributed by atoms with Gasteiger partial charge in [-0.05, 0) is 25.0 Å². The third kappa shape index (κ3) is 3.78. The van der Waals surface area contributed by atoms with E-state index in [1.165, 1.54) is 0 Å². The molecule has 2 aliphatic rings. The number of carbonyl (C=O) groups excluding carboxylic acids is 1. The van der Waals surface area contributed by atoms with E-state index in [0.717, 1.165) is 45.8 Å². The van der Waals surface area contributed by atoms with Crippen LogP contribution in [0.4, 0.5) is 0 Å². The molecule has 3 heterocycles. The van der Waals surface area contributed by atoms with Crippen molar-refractivity contribution in [3.63, 3.8) is 0 Å². The Morgan fingerprint density at radius 3 is 2.57 bits per heavy atom. The van der Waals surface area contributed by atoms with E-state index in [-0.39, 0.29) is 6.04 Å². The molecule has 1 aromatic heterocycles. The van der Waals surface area contributed by atoms with Crippen molar-refractivity contribution in [2.24, 2.45) is 5.92 Å². The summed E-state index contributed by atoms with van der Waals surface area (Å²) in [5.74, 6) is 0.888. The fourth-order valence-corrected chi connectivity index (χ4v) is 3.91. The summed E-state index contributed by atoms with van der Waals surface area (Å²) in [6.45, 7) is 9.81. The summed E-state index contributed by atoms with van der Waals surface area (Å²) in [6.07, 6.45) is 5.79. The summed E-state index contributed by atoms with van der Waals surface area (Å²) in [6, 6.07) is 4.76. The average Bonchev–Trinajstić information content (AvgIpc) is 3.25. The fourth-order valence-electron chi connectivity index (χ4n) is 3.91. The zero-order chi connectivity index (χ0) is 16.2. The van der Waals surface area contributed by atoms with Gasteiger partial charge in [0.05, 0.1) is 13.2 Å². The van der Waals surface area contributed by atoms with Gasteiger partial charge in [0.25, 0.3) is 0 Å². The van der Waals surface area contributed by atoms with Crippen molar-refractivity contribution in [2.45, 2.75) is 38.8 Å². The van der Waals surface area contributed by atoms with Gasteiger partial charge in [-0.2, -0.15) is 0 Å². The Kier molecular flexibility index (Phi) is 5.38. The van der Waals surface area contributed by atoms with Crippen molar-refractivity contribution in [1.82, 2.24) is 14.4 Å². The molecule has 2 saturated heterocycles. The minimum atomic E-state index is 0.222. The molecular formula is C18H29N3O2. The zero-order valence-electron chi connectivity index (χ0n) is 14.4. The number of ether oxygens (including phenoxy) is 1. The van der Waals surface area contributed by atoms with E-state index in [2.05, 4.69) is 28.2 Å². The van der Waals surface area contributed by atoms with Gasteiger partial charge >= 0.3 is 0 Å². The van der Waals surface area contributed by atoms with Crippen LogP contribution in [0.25, 0.3) is 0 Å². The molecular weight excluding hydrogens is 290 g/mol. The Bertz CT molecular complexity index is 496. The van der Waals surface area contributed by atoms with E-state index in [1.807, 2.05) is 24.5 Å². The summed E-state index contributed by atoms with van der Waals surface area (Å²) in [7, 11) is 0. The molecule has 0 N–H and O–H groups in total. The average molecular weight is 319 g/mol. The highest BCUT2D eigenvalue weighted by Crippen LogP contribution is 2.27. The molecule has 128 valence electrons. The predicted octanol–water partition coefficient (Wildman–Crippen LogP) is 2.01. The maximum Gasteiger partial charge on any atom is 0.224 e. The third-order valence-corrected chi connectivity index (χ3v) is 5.40. The second-order valence-corrected chi connectivity index (χ2v) is 6.87. The van der Waals surface area contributed by atoms with E-state index in [1.54, 1.807) is 0 Å². The van der Waals surface area contributed by atoms with Crippen molar-refractivity contribution in [3.05, 3.63) is 24.5 Å². The SMILES string of the molecule is CC[C@@H]1CN(C(=O)C[C@@H](C)n2cccc2)C[C@@H]1N1CCOCC1. The number of likely N-dealkylation sites (tertiary alicyclic amines) is 1. The standard InChI is InChI=1S/C18H29N3O2/c1-3-16-13-21(14-17(16)20-8-10-23-11-9-20)18(22)12-15(2)19-6-4-5-7-19/h4-7,15-17H,3,8-14H2,1-2H3/t15-,16-,17+/m1/s1. The molecule has 5 heteroatoms. The van der Waals surface area contributed by atoms with Crippen LogP contribution in [0, 0.1) is 5.92 Å². The number of nitrogens with zero attached hydrogens (tertiary/aromatic N) is 3. The van der Waals surface area contributed by atoms with Crippen LogP contribution in [0.5, 0.6) is 0 Å². The van der Waals surface area contributed by atoms with Crippen LogP contribution in [0.15, 0.2) is 24.5 Å². The Balaban J connectivity index is 1.58. The first-order valence-electron chi connectivity index (χ1n) is 8.91. The topological polar surface area (TPSA) is 37.7 Å². The first-order chi connectivity index (χ1) is 11.2. The Hall–Kier alpha value is -1.33. The maximum absolute atomic E-state index is 12.7. The molecule has 2 aliphatic heterocycles. The summed E-state index contributed by atoms with van der Waals surface area (Å²) < 4.78 is 7.59. The van der Waals surface area contributed by atoms with E-state index in [0.29, 0.717) is 24.3 Å². The lowest BCUT2D eigenvalue weighted by atomic mass is 9.99.